The highest BCUT2D eigenvalue weighted by Crippen LogP contribution is 2.23. The summed E-state index contributed by atoms with van der Waals surface area (Å²) in [5.74, 6) is 1.38. The summed E-state index contributed by atoms with van der Waals surface area (Å²) in [6.07, 6.45) is 36.7. The van der Waals surface area contributed by atoms with Crippen molar-refractivity contribution >= 4 is 11.9 Å². The molecule has 0 rings (SSSR count). The van der Waals surface area contributed by atoms with Crippen LogP contribution in [-0.4, -0.2) is 69.7 Å². The van der Waals surface area contributed by atoms with Crippen LogP contribution >= 0.6 is 0 Å². The van der Waals surface area contributed by atoms with Gasteiger partial charge >= 0.3 is 11.9 Å². The zero-order valence-corrected chi connectivity index (χ0v) is 38.7. The Morgan fingerprint density at radius 3 is 1.18 bits per heavy atom. The minimum absolute atomic E-state index is 0.0165. The van der Waals surface area contributed by atoms with E-state index in [1.165, 1.54) is 103 Å². The predicted octanol–water partition coefficient (Wildman–Crippen LogP) is 14.2. The summed E-state index contributed by atoms with van der Waals surface area (Å²) in [6, 6.07) is 0. The molecule has 0 radical (unpaired) electrons. The second kappa shape index (κ2) is 42.0. The van der Waals surface area contributed by atoms with Crippen LogP contribution in [0.4, 0.5) is 0 Å². The molecule has 0 N–H and O–H groups in total. The second-order valence-corrected chi connectivity index (χ2v) is 17.3. The van der Waals surface area contributed by atoms with Gasteiger partial charge in [0, 0.05) is 19.4 Å². The molecule has 0 aromatic heterocycles. The van der Waals surface area contributed by atoms with Gasteiger partial charge in [-0.3, -0.25) is 9.59 Å². The van der Waals surface area contributed by atoms with Crippen LogP contribution in [0.1, 0.15) is 240 Å². The van der Waals surface area contributed by atoms with Crippen LogP contribution in [0, 0.1) is 11.8 Å². The van der Waals surface area contributed by atoms with Crippen LogP contribution in [0.2, 0.25) is 0 Å². The molecular formula is C49H97NO6. The van der Waals surface area contributed by atoms with Crippen LogP contribution in [0.5, 0.6) is 0 Å². The van der Waals surface area contributed by atoms with E-state index in [9.17, 15) is 9.59 Å². The van der Waals surface area contributed by atoms with Crippen LogP contribution in [0.25, 0.3) is 0 Å². The van der Waals surface area contributed by atoms with Crippen molar-refractivity contribution in [3.8, 4) is 0 Å². The van der Waals surface area contributed by atoms with E-state index >= 15 is 0 Å². The first-order chi connectivity index (χ1) is 27.2. The summed E-state index contributed by atoms with van der Waals surface area (Å²) in [4.78, 5) is 26.9. The third-order valence-electron chi connectivity index (χ3n) is 11.5. The first-order valence-corrected chi connectivity index (χ1v) is 24.5. The van der Waals surface area contributed by atoms with Crippen LogP contribution in [0.15, 0.2) is 0 Å². The average Bonchev–Trinajstić information content (AvgIpc) is 3.16. The number of hydrogen-bond donors (Lipinski definition) is 0. The number of carbonyl (C=O) groups excluding carboxylic acids is 2. The van der Waals surface area contributed by atoms with Gasteiger partial charge < -0.3 is 23.8 Å². The van der Waals surface area contributed by atoms with Crippen molar-refractivity contribution in [1.29, 1.82) is 0 Å². The number of nitrogens with zero attached hydrogens (tertiary/aromatic N) is 1. The number of hydrogen-bond acceptors (Lipinski definition) is 7. The van der Waals surface area contributed by atoms with Crippen LogP contribution in [0.3, 0.4) is 0 Å². The molecule has 0 bridgehead atoms. The zero-order chi connectivity index (χ0) is 41.3. The molecule has 0 saturated carbocycles. The van der Waals surface area contributed by atoms with E-state index in [0.717, 1.165) is 96.4 Å². The SMILES string of the molecule is CCCCCC(CCCCC)CCOC(=O)CCCCCCCC(CCCCCCCC(=O)OCCC(CCCCC)CCCCC)OC(C)OCCN(C)C. The van der Waals surface area contributed by atoms with Crippen molar-refractivity contribution in [2.24, 2.45) is 11.8 Å². The minimum Gasteiger partial charge on any atom is -0.466 e. The van der Waals surface area contributed by atoms with Crippen molar-refractivity contribution in [3.63, 3.8) is 0 Å². The Labute approximate surface area is 349 Å². The molecule has 0 aliphatic heterocycles. The number of rotatable bonds is 44. The van der Waals surface area contributed by atoms with E-state index in [1.54, 1.807) is 0 Å². The fourth-order valence-corrected chi connectivity index (χ4v) is 7.76. The van der Waals surface area contributed by atoms with Gasteiger partial charge in [-0.15, -0.1) is 0 Å². The van der Waals surface area contributed by atoms with E-state index in [0.29, 0.717) is 44.5 Å². The maximum Gasteiger partial charge on any atom is 0.305 e. The lowest BCUT2D eigenvalue weighted by Gasteiger charge is -2.23. The number of carbonyl (C=O) groups is 2. The van der Waals surface area contributed by atoms with Crippen molar-refractivity contribution in [3.05, 3.63) is 0 Å². The van der Waals surface area contributed by atoms with E-state index in [2.05, 4.69) is 46.7 Å². The monoisotopic (exact) mass is 796 g/mol. The van der Waals surface area contributed by atoms with Crippen molar-refractivity contribution in [2.75, 3.05) is 40.5 Å². The van der Waals surface area contributed by atoms with Gasteiger partial charge in [0.2, 0.25) is 0 Å². The van der Waals surface area contributed by atoms with E-state index in [-0.39, 0.29) is 24.3 Å². The number of unbranched alkanes of at least 4 members (excludes halogenated alkanes) is 16. The molecule has 0 amide bonds. The highest BCUT2D eigenvalue weighted by molar-refractivity contribution is 5.69. The summed E-state index contributed by atoms with van der Waals surface area (Å²) in [5.41, 5.74) is 0. The highest BCUT2D eigenvalue weighted by atomic mass is 16.7. The maximum atomic E-state index is 12.4. The Bertz CT molecular complexity index is 761. The number of ether oxygens (including phenoxy) is 4. The molecular weight excluding hydrogens is 699 g/mol. The van der Waals surface area contributed by atoms with E-state index in [4.69, 9.17) is 18.9 Å². The topological polar surface area (TPSA) is 74.3 Å². The van der Waals surface area contributed by atoms with Gasteiger partial charge in [0.1, 0.15) is 0 Å². The highest BCUT2D eigenvalue weighted by Gasteiger charge is 2.15. The first kappa shape index (κ1) is 54.8. The molecule has 0 aliphatic rings. The fourth-order valence-electron chi connectivity index (χ4n) is 7.76. The fraction of sp³-hybridized carbons (Fsp3) is 0.959. The summed E-state index contributed by atoms with van der Waals surface area (Å²) in [6.45, 7) is 13.8. The van der Waals surface area contributed by atoms with Crippen LogP contribution < -0.4 is 0 Å². The maximum absolute atomic E-state index is 12.4. The van der Waals surface area contributed by atoms with Gasteiger partial charge in [-0.1, -0.05) is 182 Å². The molecule has 0 spiro atoms. The van der Waals surface area contributed by atoms with Gasteiger partial charge in [-0.25, -0.2) is 0 Å². The standard InChI is InChI=1S/C49H97NO6/c1-8-12-22-30-45(31-23-13-9-2)38-41-54-48(51)36-28-20-16-18-26-34-47(56-44(5)53-43-40-50(6)7)35-27-19-17-21-29-37-49(52)55-42-39-46(32-24-14-10-3)33-25-15-11-4/h44-47H,8-43H2,1-7H3. The molecule has 0 aromatic rings. The minimum atomic E-state index is -0.206. The molecule has 0 saturated heterocycles. The molecule has 334 valence electrons. The summed E-state index contributed by atoms with van der Waals surface area (Å²) >= 11 is 0. The zero-order valence-electron chi connectivity index (χ0n) is 38.7. The van der Waals surface area contributed by atoms with Crippen molar-refractivity contribution < 1.29 is 28.5 Å². The van der Waals surface area contributed by atoms with Gasteiger partial charge in [0.05, 0.1) is 25.9 Å². The lowest BCUT2D eigenvalue weighted by Crippen LogP contribution is -2.26. The van der Waals surface area contributed by atoms with E-state index < -0.39 is 0 Å². The Hall–Kier alpha value is -1.18. The summed E-state index contributed by atoms with van der Waals surface area (Å²) in [7, 11) is 4.12. The molecule has 0 heterocycles. The molecule has 7 heteroatoms. The molecule has 0 fully saturated rings. The third kappa shape index (κ3) is 38.3. The van der Waals surface area contributed by atoms with Crippen LogP contribution in [-0.2, 0) is 28.5 Å². The molecule has 0 aliphatic carbocycles. The lowest BCUT2D eigenvalue weighted by molar-refractivity contribution is -0.164. The third-order valence-corrected chi connectivity index (χ3v) is 11.5. The predicted molar refractivity (Wildman–Crippen MR) is 238 cm³/mol. The quantitative estimate of drug-likeness (QED) is 0.0345. The average molecular weight is 796 g/mol. The Morgan fingerprint density at radius 2 is 0.804 bits per heavy atom. The number of likely N-dealkylation sites (N-methyl/N-ethyl adjacent to an activating group) is 1. The Balaban J connectivity index is 4.34. The van der Waals surface area contributed by atoms with Crippen molar-refractivity contribution in [1.82, 2.24) is 4.90 Å². The van der Waals surface area contributed by atoms with Gasteiger partial charge in [0.25, 0.3) is 0 Å². The Morgan fingerprint density at radius 1 is 0.446 bits per heavy atom. The smallest absolute Gasteiger partial charge is 0.305 e. The summed E-state index contributed by atoms with van der Waals surface area (Å²) < 4.78 is 23.7. The largest absolute Gasteiger partial charge is 0.466 e. The Kier molecular flexibility index (Phi) is 41.1. The first-order valence-electron chi connectivity index (χ1n) is 24.5. The molecule has 0 aromatic carbocycles. The molecule has 56 heavy (non-hydrogen) atoms. The summed E-state index contributed by atoms with van der Waals surface area (Å²) in [5, 5.41) is 0. The normalized spacial score (nSPS) is 12.4. The molecule has 1 atom stereocenters. The van der Waals surface area contributed by atoms with Gasteiger partial charge in [-0.05, 0) is 71.4 Å². The number of esters is 2. The molecule has 7 nitrogen and oxygen atoms in total. The van der Waals surface area contributed by atoms with Crippen molar-refractivity contribution in [2.45, 2.75) is 252 Å². The van der Waals surface area contributed by atoms with E-state index in [1.807, 2.05) is 6.92 Å². The molecule has 1 unspecified atom stereocenters. The van der Waals surface area contributed by atoms with Gasteiger partial charge in [-0.2, -0.15) is 0 Å². The van der Waals surface area contributed by atoms with Gasteiger partial charge in [0.15, 0.2) is 6.29 Å². The lowest BCUT2D eigenvalue weighted by atomic mass is 9.92. The second-order valence-electron chi connectivity index (χ2n) is 17.3.